The molecule has 0 radical (unpaired) electrons. The molecule has 0 bridgehead atoms. The number of likely N-dealkylation sites (tertiary alicyclic amines) is 1. The van der Waals surface area contributed by atoms with E-state index in [9.17, 15) is 0 Å². The molecule has 1 aliphatic heterocycles. The van der Waals surface area contributed by atoms with Gasteiger partial charge in [0.1, 0.15) is 11.6 Å². The van der Waals surface area contributed by atoms with Crippen molar-refractivity contribution in [2.75, 3.05) is 25.5 Å². The van der Waals surface area contributed by atoms with Gasteiger partial charge in [0.05, 0.1) is 18.4 Å². The number of rotatable bonds is 6. The monoisotopic (exact) mass is 441 g/mol. The van der Waals surface area contributed by atoms with Gasteiger partial charge in [-0.15, -0.1) is 0 Å². The molecule has 5 rings (SSSR count). The van der Waals surface area contributed by atoms with Gasteiger partial charge in [-0.05, 0) is 38.3 Å². The molecular weight excluding hydrogens is 410 g/mol. The standard InChI is InChI=1S/C27H31N5O/c1-19-17-25(29-22-13-15-31(16-14-22)18-21-9-5-4-6-10-21)32-27(28-19)26(20(2)30-32)23-11-7-8-12-24(23)33-3/h4-12,17,22,29H,13-16,18H2,1-3H3. The molecule has 0 spiro atoms. The zero-order valence-electron chi connectivity index (χ0n) is 19.6. The molecule has 0 saturated carbocycles. The number of para-hydroxylation sites is 1. The quantitative estimate of drug-likeness (QED) is 0.451. The Morgan fingerprint density at radius 2 is 1.73 bits per heavy atom. The summed E-state index contributed by atoms with van der Waals surface area (Å²) in [6.07, 6.45) is 2.21. The molecule has 1 saturated heterocycles. The molecule has 0 amide bonds. The van der Waals surface area contributed by atoms with E-state index < -0.39 is 0 Å². The smallest absolute Gasteiger partial charge is 0.165 e. The topological polar surface area (TPSA) is 54.7 Å². The van der Waals surface area contributed by atoms with Crippen LogP contribution in [0.2, 0.25) is 0 Å². The van der Waals surface area contributed by atoms with Gasteiger partial charge in [0.25, 0.3) is 0 Å². The molecule has 3 heterocycles. The summed E-state index contributed by atoms with van der Waals surface area (Å²) in [5, 5.41) is 8.64. The van der Waals surface area contributed by atoms with Crippen LogP contribution in [0.5, 0.6) is 5.75 Å². The zero-order chi connectivity index (χ0) is 22.8. The molecule has 33 heavy (non-hydrogen) atoms. The molecule has 0 unspecified atom stereocenters. The lowest BCUT2D eigenvalue weighted by Gasteiger charge is -2.32. The third kappa shape index (κ3) is 4.44. The molecule has 1 fully saturated rings. The largest absolute Gasteiger partial charge is 0.496 e. The van der Waals surface area contributed by atoms with Gasteiger partial charge in [0.2, 0.25) is 0 Å². The molecule has 0 aliphatic carbocycles. The second-order valence-electron chi connectivity index (χ2n) is 8.86. The fourth-order valence-corrected chi connectivity index (χ4v) is 4.80. The van der Waals surface area contributed by atoms with E-state index in [-0.39, 0.29) is 0 Å². The summed E-state index contributed by atoms with van der Waals surface area (Å²) in [5.74, 6) is 1.84. The lowest BCUT2D eigenvalue weighted by molar-refractivity contribution is 0.211. The number of methoxy groups -OCH3 is 1. The van der Waals surface area contributed by atoms with E-state index in [0.717, 1.165) is 72.2 Å². The Morgan fingerprint density at radius 3 is 2.48 bits per heavy atom. The average Bonchev–Trinajstić information content (AvgIpc) is 3.16. The van der Waals surface area contributed by atoms with Crippen molar-refractivity contribution in [2.45, 2.75) is 39.3 Å². The molecule has 6 nitrogen and oxygen atoms in total. The number of piperidine rings is 1. The van der Waals surface area contributed by atoms with E-state index in [1.807, 2.05) is 36.6 Å². The predicted molar refractivity (Wildman–Crippen MR) is 133 cm³/mol. The number of benzene rings is 2. The van der Waals surface area contributed by atoms with Gasteiger partial charge in [-0.25, -0.2) is 4.98 Å². The molecule has 170 valence electrons. The summed E-state index contributed by atoms with van der Waals surface area (Å²) in [7, 11) is 1.70. The molecule has 0 atom stereocenters. The number of fused-ring (bicyclic) bond motifs is 1. The first-order valence-electron chi connectivity index (χ1n) is 11.7. The van der Waals surface area contributed by atoms with Crippen LogP contribution in [-0.4, -0.2) is 45.7 Å². The predicted octanol–water partition coefficient (Wildman–Crippen LogP) is 5.10. The van der Waals surface area contributed by atoms with Crippen molar-refractivity contribution in [3.63, 3.8) is 0 Å². The van der Waals surface area contributed by atoms with Crippen LogP contribution in [-0.2, 0) is 6.54 Å². The summed E-state index contributed by atoms with van der Waals surface area (Å²) in [6, 6.07) is 21.3. The van der Waals surface area contributed by atoms with Crippen molar-refractivity contribution >= 4 is 11.5 Å². The number of aromatic nitrogens is 3. The van der Waals surface area contributed by atoms with Crippen molar-refractivity contribution in [2.24, 2.45) is 0 Å². The Labute approximate surface area is 195 Å². The van der Waals surface area contributed by atoms with Gasteiger partial charge in [0.15, 0.2) is 5.65 Å². The third-order valence-corrected chi connectivity index (χ3v) is 6.46. The number of hydrogen-bond acceptors (Lipinski definition) is 5. The Balaban J connectivity index is 1.37. The number of aryl methyl sites for hydroxylation is 2. The van der Waals surface area contributed by atoms with E-state index in [1.54, 1.807) is 7.11 Å². The molecular formula is C27H31N5O. The number of anilines is 1. The van der Waals surface area contributed by atoms with E-state index in [2.05, 4.69) is 52.7 Å². The zero-order valence-corrected chi connectivity index (χ0v) is 19.6. The normalized spacial score (nSPS) is 15.1. The molecule has 4 aromatic rings. The highest BCUT2D eigenvalue weighted by molar-refractivity contribution is 5.84. The second-order valence-corrected chi connectivity index (χ2v) is 8.86. The fraction of sp³-hybridized carbons (Fsp3) is 0.333. The number of hydrogen-bond donors (Lipinski definition) is 1. The summed E-state index contributed by atoms with van der Waals surface area (Å²) < 4.78 is 7.58. The molecule has 2 aromatic carbocycles. The number of nitrogens with zero attached hydrogens (tertiary/aromatic N) is 4. The third-order valence-electron chi connectivity index (χ3n) is 6.46. The van der Waals surface area contributed by atoms with Gasteiger partial charge >= 0.3 is 0 Å². The van der Waals surface area contributed by atoms with Gasteiger partial charge in [-0.3, -0.25) is 4.90 Å². The van der Waals surface area contributed by atoms with E-state index >= 15 is 0 Å². The highest BCUT2D eigenvalue weighted by Crippen LogP contribution is 2.35. The van der Waals surface area contributed by atoms with Crippen molar-refractivity contribution < 1.29 is 4.74 Å². The summed E-state index contributed by atoms with van der Waals surface area (Å²) >= 11 is 0. The van der Waals surface area contributed by atoms with E-state index in [4.69, 9.17) is 14.8 Å². The number of nitrogens with one attached hydrogen (secondary N) is 1. The summed E-state index contributed by atoms with van der Waals surface area (Å²) in [6.45, 7) is 7.28. The minimum absolute atomic E-state index is 0.418. The van der Waals surface area contributed by atoms with Crippen LogP contribution in [0.4, 0.5) is 5.82 Å². The second kappa shape index (κ2) is 9.24. The summed E-state index contributed by atoms with van der Waals surface area (Å²) in [4.78, 5) is 7.40. The fourth-order valence-electron chi connectivity index (χ4n) is 4.80. The van der Waals surface area contributed by atoms with Crippen LogP contribution in [0.25, 0.3) is 16.8 Å². The van der Waals surface area contributed by atoms with Crippen LogP contribution in [0.3, 0.4) is 0 Å². The molecule has 1 aliphatic rings. The highest BCUT2D eigenvalue weighted by atomic mass is 16.5. The van der Waals surface area contributed by atoms with Crippen LogP contribution < -0.4 is 10.1 Å². The van der Waals surface area contributed by atoms with Crippen LogP contribution >= 0.6 is 0 Å². The van der Waals surface area contributed by atoms with Gasteiger partial charge in [-0.2, -0.15) is 9.61 Å². The first-order chi connectivity index (χ1) is 16.1. The lowest BCUT2D eigenvalue weighted by Crippen LogP contribution is -2.39. The van der Waals surface area contributed by atoms with Crippen LogP contribution in [0.1, 0.15) is 29.8 Å². The molecule has 2 aromatic heterocycles. The van der Waals surface area contributed by atoms with Crippen molar-refractivity contribution in [1.29, 1.82) is 0 Å². The average molecular weight is 442 g/mol. The maximum Gasteiger partial charge on any atom is 0.165 e. The highest BCUT2D eigenvalue weighted by Gasteiger charge is 2.22. The van der Waals surface area contributed by atoms with Crippen molar-refractivity contribution in [1.82, 2.24) is 19.5 Å². The maximum absolute atomic E-state index is 5.62. The van der Waals surface area contributed by atoms with Crippen molar-refractivity contribution in [3.8, 4) is 16.9 Å². The maximum atomic E-state index is 5.62. The van der Waals surface area contributed by atoms with Gasteiger partial charge < -0.3 is 10.1 Å². The van der Waals surface area contributed by atoms with Crippen LogP contribution in [0, 0.1) is 13.8 Å². The minimum atomic E-state index is 0.418. The first kappa shape index (κ1) is 21.5. The summed E-state index contributed by atoms with van der Waals surface area (Å²) in [5.41, 5.74) is 6.20. The Bertz CT molecular complexity index is 1240. The van der Waals surface area contributed by atoms with E-state index in [0.29, 0.717) is 6.04 Å². The first-order valence-corrected chi connectivity index (χ1v) is 11.7. The van der Waals surface area contributed by atoms with Crippen LogP contribution in [0.15, 0.2) is 60.7 Å². The van der Waals surface area contributed by atoms with E-state index in [1.165, 1.54) is 5.56 Å². The molecule has 6 heteroatoms. The van der Waals surface area contributed by atoms with Gasteiger partial charge in [0, 0.05) is 43.0 Å². The number of ether oxygens (including phenoxy) is 1. The van der Waals surface area contributed by atoms with Gasteiger partial charge in [-0.1, -0.05) is 48.5 Å². The Hall–Kier alpha value is -3.38. The Kier molecular flexibility index (Phi) is 6.01. The van der Waals surface area contributed by atoms with Crippen molar-refractivity contribution in [3.05, 3.63) is 77.6 Å². The SMILES string of the molecule is COc1ccccc1-c1c(C)nn2c(NC3CCN(Cc4ccccc4)CC3)cc(C)nc12. The Morgan fingerprint density at radius 1 is 1.00 bits per heavy atom. The minimum Gasteiger partial charge on any atom is -0.496 e. The molecule has 1 N–H and O–H groups in total. The lowest BCUT2D eigenvalue weighted by atomic mass is 10.0.